The summed E-state index contributed by atoms with van der Waals surface area (Å²) in [7, 11) is 0. The molecule has 22 heavy (non-hydrogen) atoms. The number of nitrogens with zero attached hydrogens (tertiary/aromatic N) is 1. The summed E-state index contributed by atoms with van der Waals surface area (Å²) < 4.78 is 13.9. The summed E-state index contributed by atoms with van der Waals surface area (Å²) in [5.74, 6) is -0.537. The molecule has 0 radical (unpaired) electrons. The molecule has 0 saturated carbocycles. The van der Waals surface area contributed by atoms with Crippen molar-refractivity contribution in [2.75, 3.05) is 5.43 Å². The summed E-state index contributed by atoms with van der Waals surface area (Å²) in [6.45, 7) is 3.87. The van der Waals surface area contributed by atoms with Gasteiger partial charge in [-0.1, -0.05) is 29.0 Å². The van der Waals surface area contributed by atoms with Crippen molar-refractivity contribution < 1.29 is 9.18 Å². The highest BCUT2D eigenvalue weighted by Crippen LogP contribution is 2.25. The van der Waals surface area contributed by atoms with Crippen molar-refractivity contribution in [1.29, 1.82) is 0 Å². The van der Waals surface area contributed by atoms with Crippen molar-refractivity contribution >= 4 is 32.6 Å². The molecule has 1 amide bonds. The van der Waals surface area contributed by atoms with Gasteiger partial charge in [0.2, 0.25) is 5.13 Å². The van der Waals surface area contributed by atoms with Crippen LogP contribution in [0.5, 0.6) is 0 Å². The maximum absolute atomic E-state index is 13.1. The average molecular weight is 315 g/mol. The van der Waals surface area contributed by atoms with Crippen LogP contribution in [0.15, 0.2) is 36.4 Å². The molecule has 3 aromatic rings. The second kappa shape index (κ2) is 5.73. The Balaban J connectivity index is 1.74. The van der Waals surface area contributed by atoms with E-state index in [0.717, 1.165) is 15.8 Å². The number of carbonyl (C=O) groups is 1. The number of aryl methyl sites for hydroxylation is 2. The molecule has 0 aliphatic rings. The summed E-state index contributed by atoms with van der Waals surface area (Å²) in [6.07, 6.45) is 0. The van der Waals surface area contributed by atoms with Crippen LogP contribution in [0.4, 0.5) is 9.52 Å². The van der Waals surface area contributed by atoms with Gasteiger partial charge in [0.25, 0.3) is 5.91 Å². The van der Waals surface area contributed by atoms with Crippen LogP contribution in [0, 0.1) is 19.7 Å². The molecular formula is C16H14FN3OS. The number of anilines is 1. The van der Waals surface area contributed by atoms with E-state index in [1.165, 1.54) is 23.5 Å². The van der Waals surface area contributed by atoms with E-state index >= 15 is 0 Å². The Hall–Kier alpha value is -2.47. The number of benzene rings is 2. The summed E-state index contributed by atoms with van der Waals surface area (Å²) >= 11 is 1.28. The average Bonchev–Trinajstić information content (AvgIpc) is 2.86. The quantitative estimate of drug-likeness (QED) is 0.723. The van der Waals surface area contributed by atoms with Gasteiger partial charge in [-0.15, -0.1) is 0 Å². The highest BCUT2D eigenvalue weighted by molar-refractivity contribution is 7.22. The van der Waals surface area contributed by atoms with E-state index in [4.69, 9.17) is 0 Å². The highest BCUT2D eigenvalue weighted by atomic mass is 32.1. The van der Waals surface area contributed by atoms with Gasteiger partial charge in [0.1, 0.15) is 5.82 Å². The molecule has 0 spiro atoms. The molecule has 0 bridgehead atoms. The third-order valence-corrected chi connectivity index (χ3v) is 4.19. The molecule has 0 aliphatic carbocycles. The van der Waals surface area contributed by atoms with Gasteiger partial charge in [-0.25, -0.2) is 9.37 Å². The molecule has 2 N–H and O–H groups in total. The molecule has 3 rings (SSSR count). The van der Waals surface area contributed by atoms with Gasteiger partial charge in [-0.05, 0) is 43.7 Å². The number of thiazole rings is 1. The Kier molecular flexibility index (Phi) is 3.77. The zero-order valence-electron chi connectivity index (χ0n) is 12.1. The molecule has 6 heteroatoms. The zero-order chi connectivity index (χ0) is 15.7. The number of hydrogen-bond acceptors (Lipinski definition) is 4. The summed E-state index contributed by atoms with van der Waals surface area (Å²) in [4.78, 5) is 16.4. The predicted octanol–water partition coefficient (Wildman–Crippen LogP) is 3.81. The number of hydrogen-bond donors (Lipinski definition) is 2. The van der Waals surface area contributed by atoms with Gasteiger partial charge in [-0.3, -0.25) is 15.6 Å². The Morgan fingerprint density at radius 3 is 2.77 bits per heavy atom. The highest BCUT2D eigenvalue weighted by Gasteiger charge is 2.10. The van der Waals surface area contributed by atoms with Crippen molar-refractivity contribution in [3.05, 3.63) is 58.9 Å². The van der Waals surface area contributed by atoms with Crippen LogP contribution < -0.4 is 10.9 Å². The minimum atomic E-state index is -0.304. The zero-order valence-corrected chi connectivity index (χ0v) is 12.9. The lowest BCUT2D eigenvalue weighted by molar-refractivity contribution is 0.0962. The van der Waals surface area contributed by atoms with Gasteiger partial charge in [0.05, 0.1) is 10.2 Å². The van der Waals surface area contributed by atoms with Crippen LogP contribution >= 0.6 is 11.3 Å². The van der Waals surface area contributed by atoms with E-state index in [9.17, 15) is 9.18 Å². The van der Waals surface area contributed by atoms with E-state index < -0.39 is 0 Å². The van der Waals surface area contributed by atoms with Gasteiger partial charge < -0.3 is 0 Å². The van der Waals surface area contributed by atoms with Gasteiger partial charge in [-0.2, -0.15) is 0 Å². The first kappa shape index (κ1) is 14.5. The summed E-state index contributed by atoms with van der Waals surface area (Å²) in [6, 6.07) is 10.0. The van der Waals surface area contributed by atoms with Crippen molar-refractivity contribution in [1.82, 2.24) is 10.4 Å². The number of halogens is 1. The molecule has 0 atom stereocenters. The minimum Gasteiger partial charge on any atom is -0.273 e. The first-order chi connectivity index (χ1) is 10.5. The molecular weight excluding hydrogens is 301 g/mol. The second-order valence-electron chi connectivity index (χ2n) is 5.03. The molecule has 0 fully saturated rings. The van der Waals surface area contributed by atoms with E-state index in [2.05, 4.69) is 15.8 Å². The largest absolute Gasteiger partial charge is 0.273 e. The first-order valence-electron chi connectivity index (χ1n) is 6.72. The topological polar surface area (TPSA) is 54.0 Å². The maximum atomic E-state index is 13.1. The molecule has 4 nitrogen and oxygen atoms in total. The lowest BCUT2D eigenvalue weighted by Gasteiger charge is -2.08. The lowest BCUT2D eigenvalue weighted by Crippen LogP contribution is -2.29. The van der Waals surface area contributed by atoms with E-state index in [0.29, 0.717) is 16.2 Å². The number of nitrogens with one attached hydrogen (secondary N) is 2. The van der Waals surface area contributed by atoms with Crippen LogP contribution in [0.2, 0.25) is 0 Å². The fourth-order valence-electron chi connectivity index (χ4n) is 2.20. The molecule has 1 heterocycles. The molecule has 2 aromatic carbocycles. The van der Waals surface area contributed by atoms with E-state index in [1.807, 2.05) is 26.0 Å². The number of hydrazine groups is 1. The van der Waals surface area contributed by atoms with E-state index in [-0.39, 0.29) is 11.7 Å². The van der Waals surface area contributed by atoms with Crippen molar-refractivity contribution in [2.24, 2.45) is 0 Å². The Morgan fingerprint density at radius 1 is 1.18 bits per heavy atom. The smallest absolute Gasteiger partial charge is 0.269 e. The standard InChI is InChI=1S/C16H14FN3OS/c1-9-3-5-12(10(2)7-9)15(21)19-20-16-18-13-6-4-11(17)8-14(13)22-16/h3-8H,1-2H3,(H,18,20)(H,19,21). The van der Waals surface area contributed by atoms with Gasteiger partial charge in [0.15, 0.2) is 0 Å². The van der Waals surface area contributed by atoms with Crippen molar-refractivity contribution in [3.63, 3.8) is 0 Å². The van der Waals surface area contributed by atoms with Crippen LogP contribution in [-0.2, 0) is 0 Å². The number of carbonyl (C=O) groups excluding carboxylic acids is 1. The van der Waals surface area contributed by atoms with E-state index in [1.54, 1.807) is 12.1 Å². The van der Waals surface area contributed by atoms with Crippen LogP contribution in [0.1, 0.15) is 21.5 Å². The lowest BCUT2D eigenvalue weighted by atomic mass is 10.1. The Labute approximate surface area is 131 Å². The molecule has 112 valence electrons. The van der Waals surface area contributed by atoms with Gasteiger partial charge >= 0.3 is 0 Å². The monoisotopic (exact) mass is 315 g/mol. The number of amides is 1. The van der Waals surface area contributed by atoms with Crippen molar-refractivity contribution in [2.45, 2.75) is 13.8 Å². The van der Waals surface area contributed by atoms with Crippen LogP contribution in [-0.4, -0.2) is 10.9 Å². The molecule has 0 saturated heterocycles. The molecule has 1 aromatic heterocycles. The normalized spacial score (nSPS) is 10.7. The predicted molar refractivity (Wildman–Crippen MR) is 86.6 cm³/mol. The maximum Gasteiger partial charge on any atom is 0.269 e. The fourth-order valence-corrected chi connectivity index (χ4v) is 3.04. The SMILES string of the molecule is Cc1ccc(C(=O)NNc2nc3ccc(F)cc3s2)c(C)c1. The van der Waals surface area contributed by atoms with Crippen LogP contribution in [0.3, 0.4) is 0 Å². The Morgan fingerprint density at radius 2 is 2.00 bits per heavy atom. The third kappa shape index (κ3) is 2.92. The summed E-state index contributed by atoms with van der Waals surface area (Å²) in [5.41, 5.74) is 8.70. The van der Waals surface area contributed by atoms with Crippen LogP contribution in [0.25, 0.3) is 10.2 Å². The fraction of sp³-hybridized carbons (Fsp3) is 0.125. The first-order valence-corrected chi connectivity index (χ1v) is 7.54. The Bertz CT molecular complexity index is 860. The molecule has 0 unspecified atom stereocenters. The van der Waals surface area contributed by atoms with Gasteiger partial charge in [0, 0.05) is 5.56 Å². The minimum absolute atomic E-state index is 0.233. The summed E-state index contributed by atoms with van der Waals surface area (Å²) in [5, 5.41) is 0.513. The molecule has 0 aliphatic heterocycles. The van der Waals surface area contributed by atoms with Crippen molar-refractivity contribution in [3.8, 4) is 0 Å². The number of rotatable bonds is 3. The third-order valence-electron chi connectivity index (χ3n) is 3.26. The second-order valence-corrected chi connectivity index (χ2v) is 6.06. The number of fused-ring (bicyclic) bond motifs is 1. The number of aromatic nitrogens is 1.